The molecule has 3 nitrogen and oxygen atoms in total. The lowest BCUT2D eigenvalue weighted by Gasteiger charge is -2.37. The highest BCUT2D eigenvalue weighted by Gasteiger charge is 2.35. The molecule has 1 aliphatic rings. The highest BCUT2D eigenvalue weighted by atomic mass is 35.5. The Morgan fingerprint density at radius 1 is 1.40 bits per heavy atom. The van der Waals surface area contributed by atoms with E-state index in [-0.39, 0.29) is 5.54 Å². The topological polar surface area (TPSA) is 41.3 Å². The van der Waals surface area contributed by atoms with Gasteiger partial charge in [0.2, 0.25) is 0 Å². The van der Waals surface area contributed by atoms with Crippen LogP contribution in [-0.4, -0.2) is 36.1 Å². The van der Waals surface area contributed by atoms with E-state index in [1.165, 1.54) is 25.7 Å². The minimum atomic E-state index is 0.241. The third-order valence-electron chi connectivity index (χ3n) is 4.34. The van der Waals surface area contributed by atoms with Gasteiger partial charge < -0.3 is 16.0 Å². The summed E-state index contributed by atoms with van der Waals surface area (Å²) in [5.74, 6) is 0. The van der Waals surface area contributed by atoms with Crippen LogP contribution >= 0.6 is 23.8 Å². The molecule has 2 rings (SSSR count). The van der Waals surface area contributed by atoms with Crippen molar-refractivity contribution in [3.8, 4) is 0 Å². The molecular weight excluding hydrogens is 290 g/mol. The van der Waals surface area contributed by atoms with E-state index in [9.17, 15) is 0 Å². The molecule has 0 radical (unpaired) electrons. The smallest absolute Gasteiger partial charge is 0.104 e. The zero-order valence-corrected chi connectivity index (χ0v) is 13.7. The van der Waals surface area contributed by atoms with E-state index in [0.29, 0.717) is 10.0 Å². The van der Waals surface area contributed by atoms with E-state index in [4.69, 9.17) is 29.6 Å². The van der Waals surface area contributed by atoms with Gasteiger partial charge in [0.25, 0.3) is 0 Å². The lowest BCUT2D eigenvalue weighted by Crippen LogP contribution is -2.47. The van der Waals surface area contributed by atoms with Crippen molar-refractivity contribution in [1.82, 2.24) is 4.90 Å². The van der Waals surface area contributed by atoms with Crippen LogP contribution in [0.3, 0.4) is 0 Å². The van der Waals surface area contributed by atoms with Crippen LogP contribution in [0.4, 0.5) is 5.69 Å². The Hall–Kier alpha value is -0.840. The fraction of sp³-hybridized carbons (Fsp3) is 0.533. The van der Waals surface area contributed by atoms with E-state index in [1.807, 2.05) is 18.2 Å². The minimum absolute atomic E-state index is 0.241. The van der Waals surface area contributed by atoms with Crippen molar-refractivity contribution in [2.45, 2.75) is 31.2 Å². The first-order valence-electron chi connectivity index (χ1n) is 6.95. The number of nitrogens with two attached hydrogens (primary N) is 1. The normalized spacial score (nSPS) is 17.4. The van der Waals surface area contributed by atoms with Gasteiger partial charge in [-0.25, -0.2) is 0 Å². The van der Waals surface area contributed by atoms with Gasteiger partial charge in [0, 0.05) is 17.6 Å². The SMILES string of the molecule is CN(C)C1(CNc2ccc(C(N)=S)cc2Cl)CCCC1. The summed E-state index contributed by atoms with van der Waals surface area (Å²) in [6.45, 7) is 0.909. The molecule has 1 fully saturated rings. The second-order valence-electron chi connectivity index (χ2n) is 5.74. The molecule has 0 bridgehead atoms. The molecule has 0 heterocycles. The first-order chi connectivity index (χ1) is 9.44. The van der Waals surface area contributed by atoms with E-state index in [1.54, 1.807) is 0 Å². The zero-order valence-electron chi connectivity index (χ0n) is 12.1. The van der Waals surface area contributed by atoms with Gasteiger partial charge in [-0.2, -0.15) is 0 Å². The molecule has 1 aromatic carbocycles. The number of nitrogens with one attached hydrogen (secondary N) is 1. The van der Waals surface area contributed by atoms with E-state index >= 15 is 0 Å². The molecule has 0 saturated heterocycles. The van der Waals surface area contributed by atoms with Gasteiger partial charge in [-0.3, -0.25) is 0 Å². The molecule has 20 heavy (non-hydrogen) atoms. The van der Waals surface area contributed by atoms with E-state index in [0.717, 1.165) is 17.8 Å². The minimum Gasteiger partial charge on any atom is -0.389 e. The molecule has 3 N–H and O–H groups in total. The molecule has 0 aliphatic heterocycles. The highest BCUT2D eigenvalue weighted by Crippen LogP contribution is 2.34. The second kappa shape index (κ2) is 6.29. The maximum absolute atomic E-state index is 6.29. The molecule has 1 saturated carbocycles. The number of hydrogen-bond acceptors (Lipinski definition) is 3. The molecule has 0 aromatic heterocycles. The number of anilines is 1. The Morgan fingerprint density at radius 2 is 2.05 bits per heavy atom. The summed E-state index contributed by atoms with van der Waals surface area (Å²) in [6.07, 6.45) is 5.06. The van der Waals surface area contributed by atoms with Crippen molar-refractivity contribution in [2.75, 3.05) is 26.0 Å². The molecule has 1 aromatic rings. The molecule has 0 amide bonds. The van der Waals surface area contributed by atoms with Gasteiger partial charge >= 0.3 is 0 Å². The van der Waals surface area contributed by atoms with E-state index in [2.05, 4.69) is 24.3 Å². The summed E-state index contributed by atoms with van der Waals surface area (Å²) >= 11 is 11.3. The molecule has 0 unspecified atom stereocenters. The number of hydrogen-bond donors (Lipinski definition) is 2. The molecule has 110 valence electrons. The monoisotopic (exact) mass is 311 g/mol. The van der Waals surface area contributed by atoms with E-state index < -0.39 is 0 Å². The van der Waals surface area contributed by atoms with Crippen LogP contribution in [0.5, 0.6) is 0 Å². The van der Waals surface area contributed by atoms with Gasteiger partial charge in [0.05, 0.1) is 10.7 Å². The predicted octanol–water partition coefficient (Wildman–Crippen LogP) is 3.26. The summed E-state index contributed by atoms with van der Waals surface area (Å²) in [6, 6.07) is 5.69. The van der Waals surface area contributed by atoms with Crippen LogP contribution in [0.2, 0.25) is 5.02 Å². The molecule has 0 atom stereocenters. The van der Waals surface area contributed by atoms with Gasteiger partial charge in [-0.05, 0) is 45.1 Å². The van der Waals surface area contributed by atoms with Gasteiger partial charge in [-0.1, -0.05) is 36.7 Å². The van der Waals surface area contributed by atoms with Crippen molar-refractivity contribution in [3.63, 3.8) is 0 Å². The second-order valence-corrected chi connectivity index (χ2v) is 6.59. The lowest BCUT2D eigenvalue weighted by molar-refractivity contribution is 0.172. The van der Waals surface area contributed by atoms with Crippen molar-refractivity contribution in [3.05, 3.63) is 28.8 Å². The number of benzene rings is 1. The van der Waals surface area contributed by atoms with Crippen molar-refractivity contribution >= 4 is 34.5 Å². The molecule has 0 spiro atoms. The molecule has 1 aliphatic carbocycles. The summed E-state index contributed by atoms with van der Waals surface area (Å²) in [5, 5.41) is 4.15. The molecule has 5 heteroatoms. The van der Waals surface area contributed by atoms with Crippen molar-refractivity contribution in [1.29, 1.82) is 0 Å². The summed E-state index contributed by atoms with van der Waals surface area (Å²) in [7, 11) is 4.31. The predicted molar refractivity (Wildman–Crippen MR) is 90.7 cm³/mol. The number of rotatable bonds is 5. The Labute approximate surface area is 131 Å². The average molecular weight is 312 g/mol. The highest BCUT2D eigenvalue weighted by molar-refractivity contribution is 7.80. The van der Waals surface area contributed by atoms with Crippen molar-refractivity contribution < 1.29 is 0 Å². The summed E-state index contributed by atoms with van der Waals surface area (Å²) < 4.78 is 0. The first kappa shape index (κ1) is 15.5. The number of thiocarbonyl (C=S) groups is 1. The summed E-state index contributed by atoms with van der Waals surface area (Å²) in [4.78, 5) is 2.71. The van der Waals surface area contributed by atoms with Crippen LogP contribution in [0.25, 0.3) is 0 Å². The average Bonchev–Trinajstić information content (AvgIpc) is 2.87. The number of likely N-dealkylation sites (N-methyl/N-ethyl adjacent to an activating group) is 1. The third kappa shape index (κ3) is 3.25. The fourth-order valence-corrected chi connectivity index (χ4v) is 3.26. The number of halogens is 1. The fourth-order valence-electron chi connectivity index (χ4n) is 2.89. The van der Waals surface area contributed by atoms with Crippen LogP contribution in [0, 0.1) is 0 Å². The standard InChI is InChI=1S/C15H22ClN3S/c1-19(2)15(7-3-4-8-15)10-18-13-6-5-11(14(17)20)9-12(13)16/h5-6,9,18H,3-4,7-8,10H2,1-2H3,(H2,17,20). The maximum atomic E-state index is 6.29. The Balaban J connectivity index is 2.09. The first-order valence-corrected chi connectivity index (χ1v) is 7.74. The number of nitrogens with zero attached hydrogens (tertiary/aromatic N) is 1. The van der Waals surface area contributed by atoms with Gasteiger partial charge in [-0.15, -0.1) is 0 Å². The Bertz CT molecular complexity index is 496. The Kier molecular flexibility index (Phi) is 4.89. The largest absolute Gasteiger partial charge is 0.389 e. The molecular formula is C15H22ClN3S. The van der Waals surface area contributed by atoms with Crippen LogP contribution in [-0.2, 0) is 0 Å². The van der Waals surface area contributed by atoms with Gasteiger partial charge in [0.15, 0.2) is 0 Å². The van der Waals surface area contributed by atoms with Crippen LogP contribution < -0.4 is 11.1 Å². The summed E-state index contributed by atoms with van der Waals surface area (Å²) in [5.41, 5.74) is 7.60. The third-order valence-corrected chi connectivity index (χ3v) is 4.89. The zero-order chi connectivity index (χ0) is 14.8. The van der Waals surface area contributed by atoms with Crippen LogP contribution in [0.1, 0.15) is 31.2 Å². The van der Waals surface area contributed by atoms with Crippen molar-refractivity contribution in [2.24, 2.45) is 5.73 Å². The quantitative estimate of drug-likeness (QED) is 0.819. The maximum Gasteiger partial charge on any atom is 0.104 e. The van der Waals surface area contributed by atoms with Crippen LogP contribution in [0.15, 0.2) is 18.2 Å². The van der Waals surface area contributed by atoms with Gasteiger partial charge in [0.1, 0.15) is 4.99 Å². The Morgan fingerprint density at radius 3 is 2.55 bits per heavy atom. The lowest BCUT2D eigenvalue weighted by atomic mass is 9.96.